The highest BCUT2D eigenvalue weighted by atomic mass is 19.4. The van der Waals surface area contributed by atoms with E-state index in [9.17, 15) is 18.0 Å². The van der Waals surface area contributed by atoms with E-state index in [2.05, 4.69) is 11.9 Å². The maximum Gasteiger partial charge on any atom is 0.416 e. The Bertz CT molecular complexity index is 1820. The van der Waals surface area contributed by atoms with Gasteiger partial charge in [0.1, 0.15) is 23.2 Å². The van der Waals surface area contributed by atoms with E-state index in [1.807, 2.05) is 20.8 Å². The molecule has 0 amide bonds. The van der Waals surface area contributed by atoms with Crippen molar-refractivity contribution in [1.29, 1.82) is 5.41 Å². The lowest BCUT2D eigenvalue weighted by Crippen LogP contribution is -2.17. The number of nitrogens with zero attached hydrogens (tertiary/aromatic N) is 1. The molecule has 1 heterocycles. The Morgan fingerprint density at radius 2 is 1.62 bits per heavy atom. The van der Waals surface area contributed by atoms with Crippen LogP contribution in [0.1, 0.15) is 79.6 Å². The second-order valence-electron chi connectivity index (χ2n) is 12.0. The van der Waals surface area contributed by atoms with Gasteiger partial charge >= 0.3 is 12.1 Å². The van der Waals surface area contributed by atoms with Crippen LogP contribution in [0.5, 0.6) is 11.5 Å². The van der Waals surface area contributed by atoms with Gasteiger partial charge in [0.15, 0.2) is 5.84 Å². The Kier molecular flexibility index (Phi) is 8.44. The Morgan fingerprint density at radius 1 is 0.956 bits per heavy atom. The summed E-state index contributed by atoms with van der Waals surface area (Å²) in [5.74, 6) is -0.728. The summed E-state index contributed by atoms with van der Waals surface area (Å²) in [6, 6.07) is 13.7. The molecule has 0 bridgehead atoms. The standard InChI is InChI=1S/C35H33F4N3O3/c1-5-6-7-16-44-33(43)20-10-14-23(15-11-20)45-30-27-21(18-25(36)29(30)34(2,3)4)17-24-28(32(41)42-31(24)40)26(27)19-8-12-22(13-9-19)35(37,38)39/h8-15,17-18H,5-7,16H2,1-4H3,(H3,40,41,42). The number of carbonyl (C=O) groups excluding carboxylic acids is 1. The van der Waals surface area contributed by atoms with Crippen molar-refractivity contribution in [2.24, 2.45) is 10.7 Å². The number of nitrogens with one attached hydrogen (secondary N) is 1. The molecule has 0 saturated heterocycles. The predicted molar refractivity (Wildman–Crippen MR) is 167 cm³/mol. The fourth-order valence-corrected chi connectivity index (χ4v) is 5.49. The second-order valence-corrected chi connectivity index (χ2v) is 12.0. The third kappa shape index (κ3) is 6.27. The van der Waals surface area contributed by atoms with Gasteiger partial charge in [0.05, 0.1) is 17.7 Å². The van der Waals surface area contributed by atoms with Crippen molar-refractivity contribution in [3.8, 4) is 22.6 Å². The maximum atomic E-state index is 16.0. The van der Waals surface area contributed by atoms with E-state index >= 15 is 4.39 Å². The van der Waals surface area contributed by atoms with E-state index in [1.165, 1.54) is 18.2 Å². The smallest absolute Gasteiger partial charge is 0.416 e. The Balaban J connectivity index is 1.71. The van der Waals surface area contributed by atoms with Crippen molar-refractivity contribution in [1.82, 2.24) is 0 Å². The number of benzene rings is 4. The SMILES string of the molecule is CCCCCOC(=O)c1ccc(Oc2c(C(C)(C)C)c(F)cc3cc4c(c(-c5ccc(C(F)(F)F)cc5)c23)C(N)=NC4=N)cc1. The monoisotopic (exact) mass is 619 g/mol. The van der Waals surface area contributed by atoms with E-state index in [1.54, 1.807) is 30.3 Å². The fourth-order valence-electron chi connectivity index (χ4n) is 5.49. The average molecular weight is 620 g/mol. The van der Waals surface area contributed by atoms with Crippen molar-refractivity contribution in [2.45, 2.75) is 58.5 Å². The van der Waals surface area contributed by atoms with E-state index in [0.717, 1.165) is 31.4 Å². The summed E-state index contributed by atoms with van der Waals surface area (Å²) < 4.78 is 68.1. The van der Waals surface area contributed by atoms with Gasteiger partial charge in [-0.05, 0) is 71.3 Å². The van der Waals surface area contributed by atoms with E-state index < -0.39 is 28.9 Å². The molecule has 6 nitrogen and oxygen atoms in total. The molecule has 4 aromatic rings. The van der Waals surface area contributed by atoms with Crippen LogP contribution < -0.4 is 10.5 Å². The number of carbonyl (C=O) groups is 1. The third-order valence-corrected chi connectivity index (χ3v) is 7.62. The van der Waals surface area contributed by atoms with Gasteiger partial charge in [-0.1, -0.05) is 52.7 Å². The summed E-state index contributed by atoms with van der Waals surface area (Å²) in [6.07, 6.45) is -1.83. The lowest BCUT2D eigenvalue weighted by atomic mass is 9.81. The largest absolute Gasteiger partial charge is 0.462 e. The van der Waals surface area contributed by atoms with Crippen molar-refractivity contribution in [3.63, 3.8) is 0 Å². The summed E-state index contributed by atoms with van der Waals surface area (Å²) in [6.45, 7) is 7.83. The van der Waals surface area contributed by atoms with Crippen molar-refractivity contribution >= 4 is 28.4 Å². The van der Waals surface area contributed by atoms with Crippen molar-refractivity contribution in [2.75, 3.05) is 6.61 Å². The third-order valence-electron chi connectivity index (χ3n) is 7.62. The summed E-state index contributed by atoms with van der Waals surface area (Å²) in [5, 5.41) is 9.13. The highest BCUT2D eigenvalue weighted by molar-refractivity contribution is 6.27. The van der Waals surface area contributed by atoms with Crippen LogP contribution >= 0.6 is 0 Å². The highest BCUT2D eigenvalue weighted by Crippen LogP contribution is 2.48. The number of rotatable bonds is 8. The topological polar surface area (TPSA) is 97.8 Å². The molecule has 234 valence electrons. The quantitative estimate of drug-likeness (QED) is 0.117. The van der Waals surface area contributed by atoms with Crippen LogP contribution in [0.4, 0.5) is 17.6 Å². The number of amidine groups is 2. The number of unbranched alkanes of at least 4 members (excludes halogenated alkanes) is 2. The van der Waals surface area contributed by atoms with Gasteiger partial charge in [-0.15, -0.1) is 0 Å². The zero-order valence-corrected chi connectivity index (χ0v) is 25.4. The average Bonchev–Trinajstić information content (AvgIpc) is 3.25. The minimum absolute atomic E-state index is 0.0150. The molecular weight excluding hydrogens is 586 g/mol. The van der Waals surface area contributed by atoms with Crippen LogP contribution in [-0.2, 0) is 16.3 Å². The number of aliphatic imine (C=N–C) groups is 1. The van der Waals surface area contributed by atoms with Gasteiger partial charge in [0.2, 0.25) is 0 Å². The summed E-state index contributed by atoms with van der Waals surface area (Å²) in [5.41, 5.74) is 6.63. The van der Waals surface area contributed by atoms with Crippen LogP contribution in [0.25, 0.3) is 21.9 Å². The van der Waals surface area contributed by atoms with E-state index in [0.29, 0.717) is 50.9 Å². The minimum Gasteiger partial charge on any atom is -0.462 e. The zero-order valence-electron chi connectivity index (χ0n) is 25.4. The van der Waals surface area contributed by atoms with Crippen molar-refractivity contribution < 1.29 is 31.8 Å². The summed E-state index contributed by atoms with van der Waals surface area (Å²) in [7, 11) is 0. The van der Waals surface area contributed by atoms with E-state index in [-0.39, 0.29) is 23.0 Å². The van der Waals surface area contributed by atoms with Crippen LogP contribution in [0.3, 0.4) is 0 Å². The van der Waals surface area contributed by atoms with Crippen LogP contribution in [0.2, 0.25) is 0 Å². The number of nitrogens with two attached hydrogens (primary N) is 1. The molecule has 3 N–H and O–H groups in total. The molecular formula is C35H33F4N3O3. The molecule has 5 rings (SSSR count). The number of fused-ring (bicyclic) bond motifs is 2. The minimum atomic E-state index is -4.55. The van der Waals surface area contributed by atoms with Gasteiger partial charge in [0.25, 0.3) is 0 Å². The summed E-state index contributed by atoms with van der Waals surface area (Å²) in [4.78, 5) is 16.6. The molecule has 0 fully saturated rings. The molecule has 45 heavy (non-hydrogen) atoms. The highest BCUT2D eigenvalue weighted by Gasteiger charge is 2.34. The van der Waals surface area contributed by atoms with Gasteiger partial charge in [0, 0.05) is 27.6 Å². The molecule has 0 spiro atoms. The van der Waals surface area contributed by atoms with Gasteiger partial charge in [-0.2, -0.15) is 13.2 Å². The zero-order chi connectivity index (χ0) is 32.7. The maximum absolute atomic E-state index is 16.0. The number of hydrogen-bond donors (Lipinski definition) is 2. The Morgan fingerprint density at radius 3 is 2.22 bits per heavy atom. The molecule has 1 aliphatic heterocycles. The molecule has 0 saturated carbocycles. The molecule has 0 unspecified atom stereocenters. The molecule has 10 heteroatoms. The fraction of sp³-hybridized carbons (Fsp3) is 0.286. The van der Waals surface area contributed by atoms with Gasteiger partial charge < -0.3 is 15.2 Å². The number of halogens is 4. The van der Waals surface area contributed by atoms with Crippen LogP contribution in [-0.4, -0.2) is 24.2 Å². The number of alkyl halides is 3. The predicted octanol–water partition coefficient (Wildman–Crippen LogP) is 9.15. The Labute approximate surface area is 258 Å². The van der Waals surface area contributed by atoms with Crippen LogP contribution in [0, 0.1) is 11.2 Å². The van der Waals surface area contributed by atoms with E-state index in [4.69, 9.17) is 20.6 Å². The second kappa shape index (κ2) is 12.0. The first-order valence-corrected chi connectivity index (χ1v) is 14.6. The lowest BCUT2D eigenvalue weighted by molar-refractivity contribution is -0.137. The lowest BCUT2D eigenvalue weighted by Gasteiger charge is -2.27. The molecule has 1 aliphatic rings. The summed E-state index contributed by atoms with van der Waals surface area (Å²) >= 11 is 0. The van der Waals surface area contributed by atoms with Crippen LogP contribution in [0.15, 0.2) is 65.7 Å². The first kappa shape index (κ1) is 31.7. The Hall–Kier alpha value is -4.73. The first-order valence-electron chi connectivity index (χ1n) is 14.6. The number of esters is 1. The molecule has 0 atom stereocenters. The van der Waals surface area contributed by atoms with Gasteiger partial charge in [-0.3, -0.25) is 5.41 Å². The number of ether oxygens (including phenoxy) is 2. The first-order chi connectivity index (χ1) is 21.2. The molecule has 4 aromatic carbocycles. The van der Waals surface area contributed by atoms with Crippen molar-refractivity contribution in [3.05, 3.63) is 94.3 Å². The molecule has 0 aromatic heterocycles. The molecule has 0 radical (unpaired) electrons. The van der Waals surface area contributed by atoms with Gasteiger partial charge in [-0.25, -0.2) is 14.2 Å². The molecule has 0 aliphatic carbocycles. The number of hydrogen-bond acceptors (Lipinski definition) is 5. The normalized spacial score (nSPS) is 13.2.